The third-order valence-corrected chi connectivity index (χ3v) is 3.90. The van der Waals surface area contributed by atoms with Gasteiger partial charge in [-0.3, -0.25) is 0 Å². The van der Waals surface area contributed by atoms with Crippen LogP contribution in [-0.4, -0.2) is 13.1 Å². The maximum absolute atomic E-state index is 4.14. The van der Waals surface area contributed by atoms with Crippen LogP contribution in [0.15, 0.2) is 18.7 Å². The second-order valence-corrected chi connectivity index (χ2v) is 5.56. The molecule has 0 N–H and O–H groups in total. The molecule has 1 heteroatoms. The van der Waals surface area contributed by atoms with Crippen molar-refractivity contribution in [3.63, 3.8) is 0 Å². The monoisotopic (exact) mass is 273 g/mol. The van der Waals surface area contributed by atoms with E-state index in [-0.39, 0.29) is 0 Å². The molecule has 0 saturated carbocycles. The Morgan fingerprint density at radius 1 is 0.950 bits per heavy atom. The molecule has 1 nitrogen and oxygen atoms in total. The number of hydrogen-bond donors (Lipinski definition) is 0. The lowest BCUT2D eigenvalue weighted by Gasteiger charge is -2.28. The number of benzene rings is 1. The van der Waals surface area contributed by atoms with E-state index in [0.717, 1.165) is 25.9 Å². The third-order valence-electron chi connectivity index (χ3n) is 3.90. The quantitative estimate of drug-likeness (QED) is 0.607. The van der Waals surface area contributed by atoms with E-state index < -0.39 is 0 Å². The van der Waals surface area contributed by atoms with Crippen LogP contribution in [-0.2, 0) is 12.8 Å². The average Bonchev–Trinajstić information content (AvgIpc) is 2.45. The van der Waals surface area contributed by atoms with Gasteiger partial charge in [0.05, 0.1) is 0 Å². The summed E-state index contributed by atoms with van der Waals surface area (Å²) in [5.41, 5.74) is 6.99. The smallest absolute Gasteiger partial charge is 0.0401 e. The summed E-state index contributed by atoms with van der Waals surface area (Å²) in [6, 6.07) is 4.58. The first-order chi connectivity index (χ1) is 9.60. The standard InChI is InChI=1S/C19H31N/c1-7-13-20(14-8-2)19-12-11-18(15(5)6)16(9-3)17(19)10-4/h11-12H,5,7-10,13-14H2,1-4,6H3. The summed E-state index contributed by atoms with van der Waals surface area (Å²) >= 11 is 0. The first-order valence-corrected chi connectivity index (χ1v) is 8.16. The van der Waals surface area contributed by atoms with Crippen molar-refractivity contribution in [1.82, 2.24) is 0 Å². The van der Waals surface area contributed by atoms with Gasteiger partial charge in [-0.1, -0.05) is 45.9 Å². The Bertz CT molecular complexity index is 439. The van der Waals surface area contributed by atoms with Crippen LogP contribution in [0, 0.1) is 0 Å². The Labute approximate surface area is 125 Å². The zero-order chi connectivity index (χ0) is 15.1. The number of allylic oxidation sites excluding steroid dienone is 1. The van der Waals surface area contributed by atoms with E-state index in [4.69, 9.17) is 0 Å². The van der Waals surface area contributed by atoms with E-state index in [9.17, 15) is 0 Å². The van der Waals surface area contributed by atoms with Crippen LogP contribution in [0.3, 0.4) is 0 Å². The van der Waals surface area contributed by atoms with Crippen molar-refractivity contribution < 1.29 is 0 Å². The normalized spacial score (nSPS) is 10.7. The molecule has 0 amide bonds. The van der Waals surface area contributed by atoms with Crippen LogP contribution < -0.4 is 4.90 Å². The SMILES string of the molecule is C=C(C)c1ccc(N(CCC)CCC)c(CC)c1CC. The van der Waals surface area contributed by atoms with Crippen LogP contribution in [0.25, 0.3) is 5.57 Å². The minimum absolute atomic E-state index is 1.09. The van der Waals surface area contributed by atoms with Crippen LogP contribution in [0.1, 0.15) is 64.2 Å². The van der Waals surface area contributed by atoms with Crippen LogP contribution in [0.5, 0.6) is 0 Å². The molecule has 0 radical (unpaired) electrons. The number of anilines is 1. The Morgan fingerprint density at radius 3 is 1.90 bits per heavy atom. The highest BCUT2D eigenvalue weighted by Gasteiger charge is 2.15. The minimum Gasteiger partial charge on any atom is -0.371 e. The summed E-state index contributed by atoms with van der Waals surface area (Å²) in [6.07, 6.45) is 4.59. The highest BCUT2D eigenvalue weighted by atomic mass is 15.1. The second-order valence-electron chi connectivity index (χ2n) is 5.56. The molecule has 1 aromatic rings. The Hall–Kier alpha value is -1.24. The van der Waals surface area contributed by atoms with E-state index in [0.29, 0.717) is 0 Å². The Kier molecular flexibility index (Phi) is 6.84. The van der Waals surface area contributed by atoms with Crippen molar-refractivity contribution in [2.24, 2.45) is 0 Å². The fraction of sp³-hybridized carbons (Fsp3) is 0.579. The largest absolute Gasteiger partial charge is 0.371 e. The molecule has 0 bridgehead atoms. The average molecular weight is 273 g/mol. The van der Waals surface area contributed by atoms with E-state index in [1.165, 1.54) is 40.8 Å². The first kappa shape index (κ1) is 16.8. The Morgan fingerprint density at radius 2 is 1.50 bits per heavy atom. The fourth-order valence-electron chi connectivity index (χ4n) is 3.07. The van der Waals surface area contributed by atoms with E-state index in [1.807, 2.05) is 0 Å². The molecular formula is C19H31N. The van der Waals surface area contributed by atoms with Gasteiger partial charge in [0.25, 0.3) is 0 Å². The van der Waals surface area contributed by atoms with Gasteiger partial charge in [0.2, 0.25) is 0 Å². The molecule has 0 spiro atoms. The molecule has 0 unspecified atom stereocenters. The van der Waals surface area contributed by atoms with Gasteiger partial charge in [-0.05, 0) is 55.4 Å². The van der Waals surface area contributed by atoms with Crippen molar-refractivity contribution in [3.05, 3.63) is 35.4 Å². The van der Waals surface area contributed by atoms with Gasteiger partial charge >= 0.3 is 0 Å². The fourth-order valence-corrected chi connectivity index (χ4v) is 3.07. The van der Waals surface area contributed by atoms with Crippen LogP contribution >= 0.6 is 0 Å². The van der Waals surface area contributed by atoms with Gasteiger partial charge in [0, 0.05) is 18.8 Å². The predicted octanol–water partition coefficient (Wildman–Crippen LogP) is 5.47. The maximum atomic E-state index is 4.14. The van der Waals surface area contributed by atoms with Crippen molar-refractivity contribution >= 4 is 11.3 Å². The summed E-state index contributed by atoms with van der Waals surface area (Å²) < 4.78 is 0. The number of nitrogens with zero attached hydrogens (tertiary/aromatic N) is 1. The topological polar surface area (TPSA) is 3.24 Å². The molecule has 20 heavy (non-hydrogen) atoms. The molecule has 0 aliphatic heterocycles. The van der Waals surface area contributed by atoms with Gasteiger partial charge in [-0.25, -0.2) is 0 Å². The Balaban J connectivity index is 3.35. The van der Waals surface area contributed by atoms with E-state index >= 15 is 0 Å². The lowest BCUT2D eigenvalue weighted by atomic mass is 9.91. The van der Waals surface area contributed by atoms with Gasteiger partial charge in [-0.15, -0.1) is 0 Å². The predicted molar refractivity (Wildman–Crippen MR) is 92.7 cm³/mol. The summed E-state index contributed by atoms with van der Waals surface area (Å²) in [5, 5.41) is 0. The molecule has 0 atom stereocenters. The summed E-state index contributed by atoms with van der Waals surface area (Å²) in [5.74, 6) is 0. The molecule has 0 aliphatic carbocycles. The van der Waals surface area contributed by atoms with Gasteiger partial charge < -0.3 is 4.90 Å². The highest BCUT2D eigenvalue weighted by molar-refractivity contribution is 5.71. The van der Waals surface area contributed by atoms with Crippen molar-refractivity contribution in [2.75, 3.05) is 18.0 Å². The maximum Gasteiger partial charge on any atom is 0.0401 e. The number of hydrogen-bond acceptors (Lipinski definition) is 1. The molecule has 112 valence electrons. The van der Waals surface area contributed by atoms with E-state index in [1.54, 1.807) is 0 Å². The number of rotatable bonds is 8. The lowest BCUT2D eigenvalue weighted by molar-refractivity contribution is 0.739. The van der Waals surface area contributed by atoms with Crippen molar-refractivity contribution in [3.8, 4) is 0 Å². The van der Waals surface area contributed by atoms with Crippen molar-refractivity contribution in [2.45, 2.75) is 60.3 Å². The van der Waals surface area contributed by atoms with Gasteiger partial charge in [0.1, 0.15) is 0 Å². The second kappa shape index (κ2) is 8.14. The molecule has 0 fully saturated rings. The van der Waals surface area contributed by atoms with Crippen LogP contribution in [0.2, 0.25) is 0 Å². The van der Waals surface area contributed by atoms with Crippen LogP contribution in [0.4, 0.5) is 5.69 Å². The van der Waals surface area contributed by atoms with Crippen molar-refractivity contribution in [1.29, 1.82) is 0 Å². The molecule has 0 saturated heterocycles. The minimum atomic E-state index is 1.09. The highest BCUT2D eigenvalue weighted by Crippen LogP contribution is 2.31. The summed E-state index contributed by atoms with van der Waals surface area (Å²) in [6.45, 7) is 17.6. The zero-order valence-corrected chi connectivity index (χ0v) is 14.1. The lowest BCUT2D eigenvalue weighted by Crippen LogP contribution is -2.26. The third kappa shape index (κ3) is 3.65. The van der Waals surface area contributed by atoms with E-state index in [2.05, 4.69) is 58.2 Å². The molecule has 0 aromatic heterocycles. The first-order valence-electron chi connectivity index (χ1n) is 8.16. The summed E-state index contributed by atoms with van der Waals surface area (Å²) in [4.78, 5) is 2.56. The molecule has 1 rings (SSSR count). The molecular weight excluding hydrogens is 242 g/mol. The van der Waals surface area contributed by atoms with Gasteiger partial charge in [0.15, 0.2) is 0 Å². The molecule has 0 aliphatic rings. The summed E-state index contributed by atoms with van der Waals surface area (Å²) in [7, 11) is 0. The van der Waals surface area contributed by atoms with Gasteiger partial charge in [-0.2, -0.15) is 0 Å². The molecule has 1 aromatic carbocycles. The zero-order valence-electron chi connectivity index (χ0n) is 14.1. The molecule has 0 heterocycles.